The largest absolute Gasteiger partial charge is 0.530 e. The van der Waals surface area contributed by atoms with Crippen LogP contribution in [-0.4, -0.2) is 51.3 Å². The van der Waals surface area contributed by atoms with Gasteiger partial charge in [-0.2, -0.15) is 0 Å². The van der Waals surface area contributed by atoms with Crippen LogP contribution in [0.25, 0.3) is 0 Å². The van der Waals surface area contributed by atoms with Gasteiger partial charge in [0.25, 0.3) is 11.8 Å². The maximum atomic E-state index is 14.0. The van der Waals surface area contributed by atoms with Gasteiger partial charge in [0, 0.05) is 17.8 Å². The lowest BCUT2D eigenvalue weighted by Gasteiger charge is -2.30. The van der Waals surface area contributed by atoms with Crippen molar-refractivity contribution in [2.75, 3.05) is 4.90 Å². The number of aromatic hydroxyl groups is 1. The van der Waals surface area contributed by atoms with Crippen LogP contribution >= 0.6 is 0 Å². The van der Waals surface area contributed by atoms with Crippen molar-refractivity contribution in [1.29, 1.82) is 0 Å². The Morgan fingerprint density at radius 3 is 2.04 bits per heavy atom. The van der Waals surface area contributed by atoms with E-state index in [-0.39, 0.29) is 42.0 Å². The number of amides is 3. The van der Waals surface area contributed by atoms with Gasteiger partial charge in [-0.1, -0.05) is 84.9 Å². The minimum Gasteiger partial charge on any atom is -0.530 e. The van der Waals surface area contributed by atoms with E-state index in [1.807, 2.05) is 60.7 Å². The molecule has 10 nitrogen and oxygen atoms in total. The van der Waals surface area contributed by atoms with Gasteiger partial charge in [0.15, 0.2) is 0 Å². The van der Waals surface area contributed by atoms with Gasteiger partial charge in [0.05, 0.1) is 35.6 Å². The van der Waals surface area contributed by atoms with Gasteiger partial charge in [-0.15, -0.1) is 0 Å². The highest BCUT2D eigenvalue weighted by Gasteiger charge is 2.28. The van der Waals surface area contributed by atoms with E-state index in [4.69, 9.17) is 0 Å². The molecule has 0 aliphatic rings. The molecule has 4 aromatic carbocycles. The second kappa shape index (κ2) is 16.7. The van der Waals surface area contributed by atoms with Gasteiger partial charge >= 0.3 is 0 Å². The van der Waals surface area contributed by atoms with Gasteiger partial charge < -0.3 is 35.6 Å². The summed E-state index contributed by atoms with van der Waals surface area (Å²) in [4.78, 5) is 44.7. The first-order valence-corrected chi connectivity index (χ1v) is 15.9. The van der Waals surface area contributed by atoms with Crippen LogP contribution in [0, 0.1) is 0 Å². The van der Waals surface area contributed by atoms with Gasteiger partial charge in [-0.3, -0.25) is 14.6 Å². The second-order valence-corrected chi connectivity index (χ2v) is 11.7. The maximum absolute atomic E-state index is 14.0. The topological polar surface area (TPSA) is 155 Å². The summed E-state index contributed by atoms with van der Waals surface area (Å²) in [6.45, 7) is -0.135. The summed E-state index contributed by atoms with van der Waals surface area (Å²) in [7, 11) is 0. The molecule has 3 amide bonds. The molecule has 0 radical (unpaired) electrons. The Morgan fingerprint density at radius 2 is 1.39 bits per heavy atom. The number of aliphatic hydroxyl groups excluding tert-OH is 1. The second-order valence-electron chi connectivity index (χ2n) is 11.7. The molecule has 0 saturated carbocycles. The van der Waals surface area contributed by atoms with E-state index in [1.165, 1.54) is 24.3 Å². The molecule has 0 unspecified atom stereocenters. The van der Waals surface area contributed by atoms with Crippen LogP contribution in [0.1, 0.15) is 44.0 Å². The average molecular weight is 658 g/mol. The normalized spacial score (nSPS) is 12.7. The fourth-order valence-corrected chi connectivity index (χ4v) is 5.66. The van der Waals surface area contributed by atoms with Crippen LogP contribution in [0.2, 0.25) is 0 Å². The molecular formula is C39H37N4O6-. The van der Waals surface area contributed by atoms with Crippen LogP contribution in [0.5, 0.6) is 5.75 Å². The third-order valence-corrected chi connectivity index (χ3v) is 8.08. The van der Waals surface area contributed by atoms with Crippen LogP contribution in [0.15, 0.2) is 134 Å². The molecule has 3 atom stereocenters. The van der Waals surface area contributed by atoms with E-state index in [1.54, 1.807) is 48.7 Å². The number of carboxylic acid groups (broad SMARTS) is 1. The van der Waals surface area contributed by atoms with Crippen molar-refractivity contribution in [3.63, 3.8) is 0 Å². The number of nitrogens with one attached hydrogen (secondary N) is 2. The van der Waals surface area contributed by atoms with Crippen molar-refractivity contribution < 1.29 is 29.7 Å². The number of benzene rings is 4. The molecule has 0 aliphatic heterocycles. The fourth-order valence-electron chi connectivity index (χ4n) is 5.66. The Balaban J connectivity index is 1.41. The number of phenolic OH excluding ortho intramolecular Hbond substituents is 1. The summed E-state index contributed by atoms with van der Waals surface area (Å²) in [6.07, 6.45) is -0.367. The molecule has 0 aliphatic carbocycles. The number of hydrogen-bond acceptors (Lipinski definition) is 7. The zero-order chi connectivity index (χ0) is 34.6. The number of phenols is 1. The monoisotopic (exact) mass is 657 g/mol. The van der Waals surface area contributed by atoms with E-state index in [0.29, 0.717) is 12.1 Å². The summed E-state index contributed by atoms with van der Waals surface area (Å²) in [5.74, 6) is -1.06. The summed E-state index contributed by atoms with van der Waals surface area (Å²) < 4.78 is 0. The number of nitrogens with zero attached hydrogens (tertiary/aromatic N) is 2. The van der Waals surface area contributed by atoms with Crippen LogP contribution in [-0.2, 0) is 19.4 Å². The molecular weight excluding hydrogens is 620 g/mol. The van der Waals surface area contributed by atoms with Crippen molar-refractivity contribution in [1.82, 2.24) is 15.6 Å². The molecule has 0 saturated heterocycles. The first-order chi connectivity index (χ1) is 23.8. The van der Waals surface area contributed by atoms with E-state index < -0.39 is 36.1 Å². The molecule has 5 rings (SSSR count). The highest BCUT2D eigenvalue weighted by Crippen LogP contribution is 2.23. The number of aromatic nitrogens is 1. The number of pyridine rings is 1. The number of aliphatic hydroxyl groups is 1. The minimum atomic E-state index is -1.50. The predicted octanol–water partition coefficient (Wildman–Crippen LogP) is 4.27. The Kier molecular flexibility index (Phi) is 11.7. The molecule has 0 fully saturated rings. The molecule has 0 bridgehead atoms. The third-order valence-electron chi connectivity index (χ3n) is 8.08. The van der Waals surface area contributed by atoms with Gasteiger partial charge in [-0.25, -0.2) is 0 Å². The first-order valence-electron chi connectivity index (χ1n) is 15.9. The van der Waals surface area contributed by atoms with Gasteiger partial charge in [-0.05, 0) is 72.9 Å². The van der Waals surface area contributed by atoms with Gasteiger partial charge in [0.2, 0.25) is 0 Å². The Bertz CT molecular complexity index is 1840. The van der Waals surface area contributed by atoms with E-state index >= 15 is 0 Å². The number of rotatable bonds is 14. The molecule has 4 N–H and O–H groups in total. The Morgan fingerprint density at radius 1 is 0.735 bits per heavy atom. The molecule has 1 heterocycles. The number of carbonyl (C=O) groups is 3. The van der Waals surface area contributed by atoms with E-state index in [9.17, 15) is 29.7 Å². The van der Waals surface area contributed by atoms with Crippen molar-refractivity contribution in [2.45, 2.75) is 44.0 Å². The number of hydrogen-bond donors (Lipinski definition) is 4. The van der Waals surface area contributed by atoms with E-state index in [2.05, 4.69) is 15.6 Å². The fraction of sp³-hybridized carbons (Fsp3) is 0.179. The number of carbonyl (C=O) groups excluding carboxylic acids is 3. The summed E-state index contributed by atoms with van der Waals surface area (Å²) in [6, 6.07) is 34.9. The highest BCUT2D eigenvalue weighted by molar-refractivity contribution is 6.03. The third kappa shape index (κ3) is 9.75. The molecule has 1 aromatic heterocycles. The quantitative estimate of drug-likeness (QED) is 0.139. The Hall–Kier alpha value is -6.00. The molecule has 10 heteroatoms. The van der Waals surface area contributed by atoms with Crippen molar-refractivity contribution in [3.8, 4) is 5.75 Å². The van der Waals surface area contributed by atoms with Crippen molar-refractivity contribution >= 4 is 23.6 Å². The number of para-hydroxylation sites is 1. The van der Waals surface area contributed by atoms with Crippen molar-refractivity contribution in [2.24, 2.45) is 0 Å². The SMILES string of the molecule is O=C(N[C@@H](Cc1ccccc1)C[C@H](O)[C@H](Cc1ccccc1)NC(=O)c1ccccc1N(Cc1ccccn1)C(=O)[O-])c1cccc(O)c1. The summed E-state index contributed by atoms with van der Waals surface area (Å²) >= 11 is 0. The maximum Gasteiger partial charge on any atom is 0.253 e. The van der Waals surface area contributed by atoms with Crippen LogP contribution in [0.3, 0.4) is 0 Å². The van der Waals surface area contributed by atoms with E-state index in [0.717, 1.165) is 16.0 Å². The summed E-state index contributed by atoms with van der Waals surface area (Å²) in [5.41, 5.74) is 2.71. The zero-order valence-electron chi connectivity index (χ0n) is 26.7. The lowest BCUT2D eigenvalue weighted by Crippen LogP contribution is -2.49. The van der Waals surface area contributed by atoms with Crippen LogP contribution in [0.4, 0.5) is 10.5 Å². The first kappa shape index (κ1) is 34.3. The Labute approximate surface area is 284 Å². The standard InChI is InChI=1S/C39H38N4O6/c44-32-18-11-16-29(24-32)37(46)41-31(22-27-12-3-1-4-13-27)25-36(45)34(23-28-14-5-2-6-15-28)42-38(47)33-19-7-8-20-35(33)43(39(48)49)26-30-17-9-10-21-40-30/h1-21,24,31,34,36,44-45H,22-23,25-26H2,(H,41,46)(H,42,47)(H,48,49)/p-1/t31-,34-,36-/m0/s1. The molecule has 49 heavy (non-hydrogen) atoms. The minimum absolute atomic E-state index is 0.0458. The molecule has 0 spiro atoms. The highest BCUT2D eigenvalue weighted by atomic mass is 16.4. The van der Waals surface area contributed by atoms with Crippen LogP contribution < -0.4 is 20.6 Å². The molecule has 5 aromatic rings. The predicted molar refractivity (Wildman–Crippen MR) is 184 cm³/mol. The lowest BCUT2D eigenvalue weighted by atomic mass is 9.93. The average Bonchev–Trinajstić information content (AvgIpc) is 3.11. The summed E-state index contributed by atoms with van der Waals surface area (Å²) in [5, 5.41) is 39.9. The number of anilines is 1. The molecule has 250 valence electrons. The zero-order valence-corrected chi connectivity index (χ0v) is 26.7. The lowest BCUT2D eigenvalue weighted by molar-refractivity contribution is -0.246. The van der Waals surface area contributed by atoms with Gasteiger partial charge in [0.1, 0.15) is 11.8 Å². The smallest absolute Gasteiger partial charge is 0.253 e. The van der Waals surface area contributed by atoms with Crippen molar-refractivity contribution in [3.05, 3.63) is 162 Å².